The van der Waals surface area contributed by atoms with Gasteiger partial charge in [-0.05, 0) is 23.3 Å². The molecule has 2 aliphatic rings. The molecule has 2 heterocycles. The first-order chi connectivity index (χ1) is 14.9. The summed E-state index contributed by atoms with van der Waals surface area (Å²) in [4.78, 5) is 41.1. The lowest BCUT2D eigenvalue weighted by Crippen LogP contribution is -2.54. The summed E-state index contributed by atoms with van der Waals surface area (Å²) < 4.78 is 5.78. The molecule has 0 bridgehead atoms. The summed E-state index contributed by atoms with van der Waals surface area (Å²) in [6.45, 7) is 1.17. The van der Waals surface area contributed by atoms with Gasteiger partial charge in [-0.1, -0.05) is 54.1 Å². The van der Waals surface area contributed by atoms with Crippen molar-refractivity contribution in [3.8, 4) is 0 Å². The number of carbonyl (C=O) groups is 3. The Morgan fingerprint density at radius 2 is 1.81 bits per heavy atom. The number of ether oxygens (including phenoxy) is 1. The molecule has 2 aromatic carbocycles. The van der Waals surface area contributed by atoms with Gasteiger partial charge in [0.05, 0.1) is 0 Å². The number of aliphatic carboxylic acids is 1. The summed E-state index contributed by atoms with van der Waals surface area (Å²) in [6, 6.07) is 16.4. The van der Waals surface area contributed by atoms with E-state index in [1.54, 1.807) is 21.9 Å². The average Bonchev–Trinajstić information content (AvgIpc) is 2.75. The Hall–Kier alpha value is -3.32. The molecular weight excluding hydrogens is 420 g/mol. The quantitative estimate of drug-likeness (QED) is 0.695. The topological polar surface area (TPSA) is 87.2 Å². The Balaban J connectivity index is 1.64. The highest BCUT2D eigenvalue weighted by atomic mass is 35.5. The van der Waals surface area contributed by atoms with E-state index in [2.05, 4.69) is 0 Å². The molecule has 1 amide bonds. The molecule has 0 saturated carbocycles. The molecule has 2 aromatic rings. The van der Waals surface area contributed by atoms with Crippen molar-refractivity contribution in [3.05, 3.63) is 82.2 Å². The van der Waals surface area contributed by atoms with Gasteiger partial charge in [0.15, 0.2) is 5.76 Å². The Morgan fingerprint density at radius 3 is 2.52 bits per heavy atom. The standard InChI is InChI=1S/C23H21ClN2O5/c24-17-8-4-7-16(11-17)12-26-10-9-25-13-18(23(29)30)20(27)21(19(25)22(26)28)31-14-15-5-2-1-3-6-15/h1-8,11,18H,9-10,12-14H2,(H,29,30). The minimum atomic E-state index is -1.26. The van der Waals surface area contributed by atoms with E-state index in [9.17, 15) is 19.5 Å². The normalized spacial score (nSPS) is 18.8. The van der Waals surface area contributed by atoms with Gasteiger partial charge in [-0.2, -0.15) is 0 Å². The number of fused-ring (bicyclic) bond motifs is 1. The molecule has 1 N–H and O–H groups in total. The number of halogens is 1. The lowest BCUT2D eigenvalue weighted by atomic mass is 9.94. The van der Waals surface area contributed by atoms with Crippen molar-refractivity contribution < 1.29 is 24.2 Å². The lowest BCUT2D eigenvalue weighted by Gasteiger charge is -2.41. The smallest absolute Gasteiger partial charge is 0.316 e. The van der Waals surface area contributed by atoms with E-state index in [0.717, 1.165) is 11.1 Å². The first-order valence-corrected chi connectivity index (χ1v) is 10.3. The van der Waals surface area contributed by atoms with Crippen molar-refractivity contribution in [3.63, 3.8) is 0 Å². The maximum absolute atomic E-state index is 13.3. The molecule has 1 saturated heterocycles. The molecule has 4 rings (SSSR count). The van der Waals surface area contributed by atoms with Crippen LogP contribution in [0.25, 0.3) is 0 Å². The molecule has 0 radical (unpaired) electrons. The van der Waals surface area contributed by atoms with Crippen molar-refractivity contribution in [1.29, 1.82) is 0 Å². The van der Waals surface area contributed by atoms with E-state index in [1.165, 1.54) is 0 Å². The fourth-order valence-corrected chi connectivity index (χ4v) is 4.02. The second-order valence-corrected chi connectivity index (χ2v) is 7.95. The van der Waals surface area contributed by atoms with Crippen LogP contribution in [0.3, 0.4) is 0 Å². The van der Waals surface area contributed by atoms with Gasteiger partial charge < -0.3 is 19.6 Å². The van der Waals surface area contributed by atoms with Crippen molar-refractivity contribution in [2.24, 2.45) is 5.92 Å². The number of hydrogen-bond donors (Lipinski definition) is 1. The predicted molar refractivity (Wildman–Crippen MR) is 113 cm³/mol. The molecule has 2 aliphatic heterocycles. The zero-order valence-corrected chi connectivity index (χ0v) is 17.4. The number of amides is 1. The van der Waals surface area contributed by atoms with Crippen molar-refractivity contribution in [2.45, 2.75) is 13.2 Å². The highest BCUT2D eigenvalue weighted by Gasteiger charge is 2.45. The van der Waals surface area contributed by atoms with Crippen LogP contribution in [-0.4, -0.2) is 52.2 Å². The van der Waals surface area contributed by atoms with Gasteiger partial charge in [0, 0.05) is 31.2 Å². The summed E-state index contributed by atoms with van der Waals surface area (Å²) in [6.07, 6.45) is 0. The van der Waals surface area contributed by atoms with Crippen LogP contribution in [-0.2, 0) is 32.3 Å². The maximum atomic E-state index is 13.3. The van der Waals surface area contributed by atoms with E-state index in [-0.39, 0.29) is 30.5 Å². The molecule has 0 aliphatic carbocycles. The average molecular weight is 441 g/mol. The van der Waals surface area contributed by atoms with Crippen LogP contribution in [0.5, 0.6) is 0 Å². The van der Waals surface area contributed by atoms with Crippen LogP contribution in [0, 0.1) is 5.92 Å². The Kier molecular flexibility index (Phi) is 5.95. The maximum Gasteiger partial charge on any atom is 0.316 e. The number of allylic oxidation sites excluding steroid dienone is 1. The molecule has 7 nitrogen and oxygen atoms in total. The number of carboxylic acid groups (broad SMARTS) is 1. The number of ketones is 1. The van der Waals surface area contributed by atoms with Crippen molar-refractivity contribution in [2.75, 3.05) is 19.6 Å². The van der Waals surface area contributed by atoms with Gasteiger partial charge in [0.2, 0.25) is 5.78 Å². The summed E-state index contributed by atoms with van der Waals surface area (Å²) in [5.41, 5.74) is 1.81. The van der Waals surface area contributed by atoms with Crippen LogP contribution < -0.4 is 0 Å². The fraction of sp³-hybridized carbons (Fsp3) is 0.261. The first kappa shape index (κ1) is 20.9. The van der Waals surface area contributed by atoms with Crippen LogP contribution in [0.4, 0.5) is 0 Å². The number of piperazine rings is 1. The zero-order chi connectivity index (χ0) is 22.0. The van der Waals surface area contributed by atoms with E-state index in [4.69, 9.17) is 16.3 Å². The zero-order valence-electron chi connectivity index (χ0n) is 16.7. The number of benzene rings is 2. The molecule has 1 unspecified atom stereocenters. The third-order valence-electron chi connectivity index (χ3n) is 5.39. The monoisotopic (exact) mass is 440 g/mol. The van der Waals surface area contributed by atoms with Gasteiger partial charge in [-0.3, -0.25) is 14.4 Å². The van der Waals surface area contributed by atoms with E-state index in [1.807, 2.05) is 42.5 Å². The summed E-state index contributed by atoms with van der Waals surface area (Å²) in [7, 11) is 0. The Bertz CT molecular complexity index is 1050. The highest BCUT2D eigenvalue weighted by Crippen LogP contribution is 2.30. The number of carbonyl (C=O) groups excluding carboxylic acids is 2. The van der Waals surface area contributed by atoms with Crippen LogP contribution in [0.15, 0.2) is 66.1 Å². The molecule has 160 valence electrons. The van der Waals surface area contributed by atoms with Crippen molar-refractivity contribution in [1.82, 2.24) is 9.80 Å². The van der Waals surface area contributed by atoms with E-state index in [0.29, 0.717) is 24.7 Å². The summed E-state index contributed by atoms with van der Waals surface area (Å²) in [5.74, 6) is -3.69. The summed E-state index contributed by atoms with van der Waals surface area (Å²) in [5, 5.41) is 10.1. The number of carboxylic acids is 1. The molecular formula is C23H21ClN2O5. The minimum Gasteiger partial charge on any atom is -0.483 e. The fourth-order valence-electron chi connectivity index (χ4n) is 3.81. The number of rotatable bonds is 6. The second-order valence-electron chi connectivity index (χ2n) is 7.51. The molecule has 1 atom stereocenters. The molecule has 0 spiro atoms. The van der Waals surface area contributed by atoms with Crippen LogP contribution in [0.2, 0.25) is 5.02 Å². The summed E-state index contributed by atoms with van der Waals surface area (Å²) >= 11 is 6.06. The molecule has 0 aromatic heterocycles. The van der Waals surface area contributed by atoms with Gasteiger partial charge in [-0.15, -0.1) is 0 Å². The first-order valence-electron chi connectivity index (χ1n) is 9.90. The third kappa shape index (κ3) is 4.41. The molecule has 8 heteroatoms. The largest absolute Gasteiger partial charge is 0.483 e. The van der Waals surface area contributed by atoms with Crippen LogP contribution in [0.1, 0.15) is 11.1 Å². The van der Waals surface area contributed by atoms with Gasteiger partial charge >= 0.3 is 5.97 Å². The number of nitrogens with zero attached hydrogens (tertiary/aromatic N) is 2. The predicted octanol–water partition coefficient (Wildman–Crippen LogP) is 2.70. The number of Topliss-reactive ketones (excluding diaryl/α,β-unsaturated/α-hetero) is 1. The number of hydrogen-bond acceptors (Lipinski definition) is 5. The Morgan fingerprint density at radius 1 is 1.06 bits per heavy atom. The van der Waals surface area contributed by atoms with E-state index < -0.39 is 17.7 Å². The van der Waals surface area contributed by atoms with Crippen LogP contribution >= 0.6 is 11.6 Å². The lowest BCUT2D eigenvalue weighted by molar-refractivity contribution is -0.150. The van der Waals surface area contributed by atoms with Gasteiger partial charge in [-0.25, -0.2) is 0 Å². The second kappa shape index (κ2) is 8.81. The van der Waals surface area contributed by atoms with Gasteiger partial charge in [0.1, 0.15) is 18.2 Å². The third-order valence-corrected chi connectivity index (χ3v) is 5.63. The van der Waals surface area contributed by atoms with Gasteiger partial charge in [0.25, 0.3) is 5.91 Å². The SMILES string of the molecule is O=C(O)C1CN2CCN(Cc3cccc(Cl)c3)C(=O)C2=C(OCc2ccccc2)C1=O. The van der Waals surface area contributed by atoms with E-state index >= 15 is 0 Å². The minimum absolute atomic E-state index is 0.0432. The van der Waals surface area contributed by atoms with Crippen molar-refractivity contribution >= 4 is 29.3 Å². The molecule has 1 fully saturated rings. The molecule has 31 heavy (non-hydrogen) atoms. The Labute approximate surface area is 184 Å². The highest BCUT2D eigenvalue weighted by molar-refractivity contribution is 6.30.